The van der Waals surface area contributed by atoms with E-state index in [-0.39, 0.29) is 0 Å². The van der Waals surface area contributed by atoms with Gasteiger partial charge >= 0.3 is 14.2 Å². The van der Waals surface area contributed by atoms with Gasteiger partial charge in [-0.15, -0.1) is 11.3 Å². The largest absolute Gasteiger partial charge is 0.486 e. The average molecular weight is 413 g/mol. The van der Waals surface area contributed by atoms with E-state index in [1.54, 1.807) is 11.3 Å². The molecule has 0 N–H and O–H groups in total. The molecule has 0 spiro atoms. The monoisotopic (exact) mass is 413 g/mol. The molecule has 0 saturated carbocycles. The number of hydrogen-bond acceptors (Lipinski definition) is 6. The summed E-state index contributed by atoms with van der Waals surface area (Å²) >= 11 is 1.63. The fourth-order valence-electron chi connectivity index (χ4n) is 3.30. The Bertz CT molecular complexity index is 863. The molecule has 2 fully saturated rings. The topological polar surface area (TPSA) is 49.8 Å². The first kappa shape index (κ1) is 21.1. The minimum absolute atomic E-state index is 0.450. The molecule has 2 aliphatic heterocycles. The first-order chi connectivity index (χ1) is 13.3. The van der Waals surface area contributed by atoms with E-state index in [1.165, 1.54) is 0 Å². The molecular formula is C21H29B2NO4S. The zero-order valence-electron chi connectivity index (χ0n) is 18.5. The number of thiazole rings is 1. The Labute approximate surface area is 178 Å². The molecule has 4 rings (SSSR count). The van der Waals surface area contributed by atoms with Gasteiger partial charge < -0.3 is 18.6 Å². The number of rotatable bonds is 3. The van der Waals surface area contributed by atoms with Gasteiger partial charge in [0.2, 0.25) is 0 Å². The zero-order valence-corrected chi connectivity index (χ0v) is 19.3. The number of fused-ring (bicyclic) bond motifs is 1. The van der Waals surface area contributed by atoms with Crippen LogP contribution in [0, 0.1) is 0 Å². The van der Waals surface area contributed by atoms with Gasteiger partial charge in [-0.1, -0.05) is 12.1 Å². The summed E-state index contributed by atoms with van der Waals surface area (Å²) in [6, 6.07) is 8.12. The summed E-state index contributed by atoms with van der Waals surface area (Å²) in [5.74, 6) is 0. The van der Waals surface area contributed by atoms with Gasteiger partial charge in [-0.2, -0.15) is 0 Å². The molecule has 29 heavy (non-hydrogen) atoms. The first-order valence-electron chi connectivity index (χ1n) is 10.1. The maximum Gasteiger partial charge on any atom is 0.486 e. The quantitative estimate of drug-likeness (QED) is 0.668. The lowest BCUT2D eigenvalue weighted by atomic mass is 9.57. The van der Waals surface area contributed by atoms with E-state index in [2.05, 4.69) is 6.07 Å². The molecular weight excluding hydrogens is 384 g/mol. The third-order valence-electron chi connectivity index (χ3n) is 6.65. The minimum Gasteiger partial charge on any atom is -0.400 e. The lowest BCUT2D eigenvalue weighted by Gasteiger charge is -2.32. The molecule has 1 aromatic carbocycles. The highest BCUT2D eigenvalue weighted by Gasteiger charge is 2.59. The molecule has 3 heterocycles. The van der Waals surface area contributed by atoms with E-state index in [0.717, 1.165) is 20.6 Å². The summed E-state index contributed by atoms with van der Waals surface area (Å²) in [6.07, 6.45) is 2.01. The van der Waals surface area contributed by atoms with Crippen LogP contribution in [-0.4, -0.2) is 41.6 Å². The highest BCUT2D eigenvalue weighted by atomic mass is 32.1. The van der Waals surface area contributed by atoms with Crippen LogP contribution in [0.1, 0.15) is 60.4 Å². The van der Waals surface area contributed by atoms with Gasteiger partial charge in [0.15, 0.2) is 0 Å². The minimum atomic E-state index is -0.568. The van der Waals surface area contributed by atoms with Crippen LogP contribution < -0.4 is 0 Å². The Balaban J connectivity index is 1.76. The van der Waals surface area contributed by atoms with Crippen molar-refractivity contribution in [3.8, 4) is 0 Å². The molecule has 0 aliphatic carbocycles. The van der Waals surface area contributed by atoms with Gasteiger partial charge in [0.25, 0.3) is 0 Å². The van der Waals surface area contributed by atoms with Crippen molar-refractivity contribution >= 4 is 41.9 Å². The molecule has 0 atom stereocenters. The van der Waals surface area contributed by atoms with Crippen molar-refractivity contribution in [2.75, 3.05) is 0 Å². The third-order valence-corrected chi connectivity index (χ3v) is 7.63. The van der Waals surface area contributed by atoms with Crippen molar-refractivity contribution < 1.29 is 18.6 Å². The second-order valence-corrected chi connectivity index (χ2v) is 10.9. The molecule has 2 aromatic rings. The summed E-state index contributed by atoms with van der Waals surface area (Å²) in [5.41, 5.74) is -0.824. The smallest absolute Gasteiger partial charge is 0.400 e. The lowest BCUT2D eigenvalue weighted by molar-refractivity contribution is 0.00578. The number of para-hydroxylation sites is 1. The second-order valence-electron chi connectivity index (χ2n) is 9.84. The maximum absolute atomic E-state index is 6.35. The molecule has 5 nitrogen and oxygen atoms in total. The summed E-state index contributed by atoms with van der Waals surface area (Å²) in [4.78, 5) is 4.76. The summed E-state index contributed by atoms with van der Waals surface area (Å²) in [6.45, 7) is 16.4. The van der Waals surface area contributed by atoms with Crippen LogP contribution in [0.5, 0.6) is 0 Å². The fraction of sp³-hybridized carbons (Fsp3) is 0.571. The van der Waals surface area contributed by atoms with E-state index in [9.17, 15) is 0 Å². The molecule has 0 radical (unpaired) electrons. The van der Waals surface area contributed by atoms with E-state index in [4.69, 9.17) is 23.6 Å². The Morgan fingerprint density at radius 3 is 1.69 bits per heavy atom. The van der Waals surface area contributed by atoms with Crippen molar-refractivity contribution in [2.24, 2.45) is 0 Å². The molecule has 8 heteroatoms. The van der Waals surface area contributed by atoms with Crippen molar-refractivity contribution in [1.82, 2.24) is 4.98 Å². The van der Waals surface area contributed by atoms with Crippen LogP contribution in [0.15, 0.2) is 29.6 Å². The van der Waals surface area contributed by atoms with Gasteiger partial charge in [-0.3, -0.25) is 0 Å². The highest BCUT2D eigenvalue weighted by Crippen LogP contribution is 2.44. The standard InChI is InChI=1S/C21H29B2NO4S/c1-18(2)19(3,4)26-22(25-18)16(23-27-20(5,6)21(7,8)28-23)13-17-24-14-11-9-10-12-15(14)29-17/h9-13H,1-8H3. The van der Waals surface area contributed by atoms with Gasteiger partial charge in [-0.05, 0) is 79.0 Å². The zero-order chi connectivity index (χ0) is 21.2. The molecule has 2 aliphatic rings. The number of hydrogen-bond donors (Lipinski definition) is 0. The van der Waals surface area contributed by atoms with Crippen LogP contribution in [0.25, 0.3) is 16.3 Å². The van der Waals surface area contributed by atoms with Crippen molar-refractivity contribution in [1.29, 1.82) is 0 Å². The molecule has 1 aromatic heterocycles. The van der Waals surface area contributed by atoms with E-state index < -0.39 is 36.6 Å². The summed E-state index contributed by atoms with van der Waals surface area (Å²) in [5, 5.41) is 1.69. The maximum atomic E-state index is 6.35. The fourth-order valence-corrected chi connectivity index (χ4v) is 4.23. The van der Waals surface area contributed by atoms with E-state index in [0.29, 0.717) is 0 Å². The molecule has 0 amide bonds. The summed E-state index contributed by atoms with van der Waals surface area (Å²) in [7, 11) is -1.14. The molecule has 154 valence electrons. The second kappa shape index (κ2) is 6.66. The number of nitrogens with zero attached hydrogens (tertiary/aromatic N) is 1. The Hall–Kier alpha value is -1.18. The molecule has 0 unspecified atom stereocenters. The van der Waals surface area contributed by atoms with Crippen LogP contribution >= 0.6 is 11.3 Å². The van der Waals surface area contributed by atoms with Crippen LogP contribution in [0.2, 0.25) is 0 Å². The Morgan fingerprint density at radius 2 is 1.24 bits per heavy atom. The number of aromatic nitrogens is 1. The Kier molecular flexibility index (Phi) is 4.84. The van der Waals surface area contributed by atoms with Crippen molar-refractivity contribution in [3.05, 3.63) is 34.6 Å². The Morgan fingerprint density at radius 1 is 0.793 bits per heavy atom. The van der Waals surface area contributed by atoms with Crippen molar-refractivity contribution in [2.45, 2.75) is 77.8 Å². The predicted molar refractivity (Wildman–Crippen MR) is 120 cm³/mol. The molecule has 0 bridgehead atoms. The van der Waals surface area contributed by atoms with E-state index >= 15 is 0 Å². The van der Waals surface area contributed by atoms with Gasteiger partial charge in [0.05, 0.1) is 32.6 Å². The van der Waals surface area contributed by atoms with Crippen LogP contribution in [-0.2, 0) is 18.6 Å². The SMILES string of the molecule is CC1(C)OB(C(=Cc2nc3ccccc3s2)B2OC(C)(C)C(C)(C)O2)OC1(C)C. The van der Waals surface area contributed by atoms with Crippen LogP contribution in [0.3, 0.4) is 0 Å². The van der Waals surface area contributed by atoms with Crippen molar-refractivity contribution in [3.63, 3.8) is 0 Å². The van der Waals surface area contributed by atoms with Gasteiger partial charge in [-0.25, -0.2) is 4.98 Å². The van der Waals surface area contributed by atoms with Gasteiger partial charge in [0, 0.05) is 0 Å². The first-order valence-corrected chi connectivity index (χ1v) is 10.9. The normalized spacial score (nSPS) is 24.3. The third kappa shape index (κ3) is 3.59. The lowest BCUT2D eigenvalue weighted by Crippen LogP contribution is -2.41. The van der Waals surface area contributed by atoms with Gasteiger partial charge in [0.1, 0.15) is 5.01 Å². The van der Waals surface area contributed by atoms with E-state index in [1.807, 2.05) is 79.7 Å². The molecule has 2 saturated heterocycles. The van der Waals surface area contributed by atoms with Crippen LogP contribution in [0.4, 0.5) is 0 Å². The average Bonchev–Trinajstić information content (AvgIpc) is 3.15. The predicted octanol–water partition coefficient (Wildman–Crippen LogP) is 4.94. The highest BCUT2D eigenvalue weighted by molar-refractivity contribution is 7.19. The summed E-state index contributed by atoms with van der Waals surface area (Å²) < 4.78 is 26.5. The number of benzene rings is 1.